The highest BCUT2D eigenvalue weighted by atomic mass is 15.3. The van der Waals surface area contributed by atoms with Crippen molar-refractivity contribution in [2.75, 3.05) is 39.3 Å². The molecule has 3 heterocycles. The Morgan fingerprint density at radius 2 is 1.95 bits per heavy atom. The van der Waals surface area contributed by atoms with Crippen molar-refractivity contribution in [2.45, 2.75) is 12.6 Å². The van der Waals surface area contributed by atoms with E-state index in [1.807, 2.05) is 12.3 Å². The lowest BCUT2D eigenvalue weighted by molar-refractivity contribution is 0.0696. The van der Waals surface area contributed by atoms with Gasteiger partial charge in [0.05, 0.1) is 5.52 Å². The fourth-order valence-corrected chi connectivity index (χ4v) is 3.30. The van der Waals surface area contributed by atoms with Gasteiger partial charge in [-0.25, -0.2) is 0 Å². The van der Waals surface area contributed by atoms with Crippen LogP contribution < -0.4 is 5.32 Å². The third-order valence-electron chi connectivity index (χ3n) is 4.76. The van der Waals surface area contributed by atoms with Crippen molar-refractivity contribution < 1.29 is 0 Å². The Kier molecular flexibility index (Phi) is 3.59. The zero-order valence-electron chi connectivity index (χ0n) is 12.3. The molecule has 4 nitrogen and oxygen atoms in total. The Labute approximate surface area is 125 Å². The lowest BCUT2D eigenvalue weighted by Gasteiger charge is -2.43. The van der Waals surface area contributed by atoms with Crippen LogP contribution in [-0.4, -0.2) is 60.1 Å². The van der Waals surface area contributed by atoms with Gasteiger partial charge in [-0.05, 0) is 23.8 Å². The van der Waals surface area contributed by atoms with Crippen LogP contribution in [0.15, 0.2) is 36.5 Å². The van der Waals surface area contributed by atoms with Gasteiger partial charge in [0, 0.05) is 63.4 Å². The predicted molar refractivity (Wildman–Crippen MR) is 85.3 cm³/mol. The number of benzene rings is 1. The van der Waals surface area contributed by atoms with E-state index in [1.54, 1.807) is 0 Å². The number of nitrogens with one attached hydrogen (secondary N) is 1. The van der Waals surface area contributed by atoms with Gasteiger partial charge < -0.3 is 5.32 Å². The molecule has 0 amide bonds. The van der Waals surface area contributed by atoms with Crippen LogP contribution in [0, 0.1) is 0 Å². The molecule has 0 radical (unpaired) electrons. The molecular formula is C17H22N4. The molecule has 2 aromatic rings. The molecule has 2 fully saturated rings. The van der Waals surface area contributed by atoms with Crippen molar-refractivity contribution in [3.63, 3.8) is 0 Å². The van der Waals surface area contributed by atoms with Gasteiger partial charge in [0.2, 0.25) is 0 Å². The fraction of sp³-hybridized carbons (Fsp3) is 0.471. The minimum absolute atomic E-state index is 0.791. The zero-order valence-corrected chi connectivity index (χ0v) is 12.3. The van der Waals surface area contributed by atoms with Gasteiger partial charge in [-0.2, -0.15) is 0 Å². The Morgan fingerprint density at radius 1 is 1.10 bits per heavy atom. The van der Waals surface area contributed by atoms with E-state index in [-0.39, 0.29) is 0 Å². The third kappa shape index (κ3) is 2.79. The van der Waals surface area contributed by atoms with Crippen molar-refractivity contribution in [3.8, 4) is 0 Å². The van der Waals surface area contributed by atoms with Gasteiger partial charge >= 0.3 is 0 Å². The minimum Gasteiger partial charge on any atom is -0.314 e. The van der Waals surface area contributed by atoms with Gasteiger partial charge in [0.1, 0.15) is 0 Å². The summed E-state index contributed by atoms with van der Waals surface area (Å²) >= 11 is 0. The Bertz CT molecular complexity index is 615. The molecule has 0 spiro atoms. The van der Waals surface area contributed by atoms with Crippen molar-refractivity contribution in [2.24, 2.45) is 0 Å². The molecule has 0 atom stereocenters. The summed E-state index contributed by atoms with van der Waals surface area (Å²) in [6, 6.07) is 11.6. The summed E-state index contributed by atoms with van der Waals surface area (Å²) in [6.45, 7) is 8.20. The lowest BCUT2D eigenvalue weighted by atomic mass is 10.1. The summed E-state index contributed by atoms with van der Waals surface area (Å²) < 4.78 is 0. The van der Waals surface area contributed by atoms with Crippen LogP contribution in [0.2, 0.25) is 0 Å². The molecule has 2 aliphatic heterocycles. The Hall–Kier alpha value is -1.49. The van der Waals surface area contributed by atoms with Crippen molar-refractivity contribution >= 4 is 10.9 Å². The van der Waals surface area contributed by atoms with Gasteiger partial charge in [0.15, 0.2) is 0 Å². The standard InChI is InChI=1S/C17H22N4/c1-2-15-10-14(3-4-17(15)19-5-1)13-20-6-8-21(9-7-20)16-11-18-12-16/h1-5,10,16,18H,6-9,11-13H2. The van der Waals surface area contributed by atoms with Gasteiger partial charge in [-0.15, -0.1) is 0 Å². The fourth-order valence-electron chi connectivity index (χ4n) is 3.30. The van der Waals surface area contributed by atoms with Gasteiger partial charge in [0.25, 0.3) is 0 Å². The summed E-state index contributed by atoms with van der Waals surface area (Å²) in [7, 11) is 0. The van der Waals surface area contributed by atoms with E-state index in [4.69, 9.17) is 0 Å². The summed E-state index contributed by atoms with van der Waals surface area (Å²) in [4.78, 5) is 9.59. The number of rotatable bonds is 3. The summed E-state index contributed by atoms with van der Waals surface area (Å²) in [6.07, 6.45) is 1.86. The second-order valence-electron chi connectivity index (χ2n) is 6.15. The van der Waals surface area contributed by atoms with Crippen LogP contribution in [0.5, 0.6) is 0 Å². The number of hydrogen-bond donors (Lipinski definition) is 1. The smallest absolute Gasteiger partial charge is 0.0702 e. The molecule has 1 aromatic heterocycles. The molecule has 0 aliphatic carbocycles. The maximum Gasteiger partial charge on any atom is 0.0702 e. The molecule has 110 valence electrons. The van der Waals surface area contributed by atoms with E-state index in [0.717, 1.165) is 18.1 Å². The van der Waals surface area contributed by atoms with E-state index in [0.29, 0.717) is 0 Å². The monoisotopic (exact) mass is 282 g/mol. The maximum atomic E-state index is 4.39. The Morgan fingerprint density at radius 3 is 2.71 bits per heavy atom. The predicted octanol–water partition coefficient (Wildman–Crippen LogP) is 1.32. The minimum atomic E-state index is 0.791. The SMILES string of the molecule is c1cnc2ccc(CN3CCN(C4CNC4)CC3)cc2c1. The van der Waals surface area contributed by atoms with Crippen LogP contribution in [0.4, 0.5) is 0 Å². The van der Waals surface area contributed by atoms with E-state index < -0.39 is 0 Å². The molecule has 2 saturated heterocycles. The normalized spacial score (nSPS) is 21.5. The second-order valence-corrected chi connectivity index (χ2v) is 6.15. The van der Waals surface area contributed by atoms with Crippen LogP contribution in [-0.2, 0) is 6.54 Å². The number of fused-ring (bicyclic) bond motifs is 1. The van der Waals surface area contributed by atoms with Crippen molar-refractivity contribution in [1.82, 2.24) is 20.1 Å². The summed E-state index contributed by atoms with van der Waals surface area (Å²) in [5.41, 5.74) is 2.48. The van der Waals surface area contributed by atoms with Crippen LogP contribution >= 0.6 is 0 Å². The first kappa shape index (κ1) is 13.2. The molecule has 0 bridgehead atoms. The average molecular weight is 282 g/mol. The molecule has 0 unspecified atom stereocenters. The van der Waals surface area contributed by atoms with Crippen LogP contribution in [0.3, 0.4) is 0 Å². The molecule has 1 aromatic carbocycles. The molecule has 4 rings (SSSR count). The van der Waals surface area contributed by atoms with E-state index in [1.165, 1.54) is 50.2 Å². The summed E-state index contributed by atoms with van der Waals surface area (Å²) in [5.74, 6) is 0. The maximum absolute atomic E-state index is 4.39. The highest BCUT2D eigenvalue weighted by Crippen LogP contribution is 2.16. The van der Waals surface area contributed by atoms with Crippen LogP contribution in [0.25, 0.3) is 10.9 Å². The first-order valence-corrected chi connectivity index (χ1v) is 7.89. The zero-order chi connectivity index (χ0) is 14.1. The van der Waals surface area contributed by atoms with Gasteiger partial charge in [-0.1, -0.05) is 12.1 Å². The molecule has 21 heavy (non-hydrogen) atoms. The lowest BCUT2D eigenvalue weighted by Crippen LogP contribution is -2.61. The number of piperazine rings is 1. The molecule has 1 N–H and O–H groups in total. The molecular weight excluding hydrogens is 260 g/mol. The highest BCUT2D eigenvalue weighted by Gasteiger charge is 2.27. The molecule has 2 aliphatic rings. The number of hydrogen-bond acceptors (Lipinski definition) is 4. The van der Waals surface area contributed by atoms with E-state index in [9.17, 15) is 0 Å². The first-order valence-electron chi connectivity index (χ1n) is 7.89. The number of aromatic nitrogens is 1. The highest BCUT2D eigenvalue weighted by molar-refractivity contribution is 5.78. The first-order chi connectivity index (χ1) is 10.4. The third-order valence-corrected chi connectivity index (χ3v) is 4.76. The Balaban J connectivity index is 1.39. The molecule has 4 heteroatoms. The van der Waals surface area contributed by atoms with E-state index in [2.05, 4.69) is 44.4 Å². The van der Waals surface area contributed by atoms with Crippen molar-refractivity contribution in [3.05, 3.63) is 42.1 Å². The number of pyridine rings is 1. The van der Waals surface area contributed by atoms with Crippen LogP contribution in [0.1, 0.15) is 5.56 Å². The summed E-state index contributed by atoms with van der Waals surface area (Å²) in [5, 5.41) is 4.61. The average Bonchev–Trinajstić information content (AvgIpc) is 2.47. The van der Waals surface area contributed by atoms with Gasteiger partial charge in [-0.3, -0.25) is 14.8 Å². The molecule has 0 saturated carbocycles. The second kappa shape index (κ2) is 5.72. The number of nitrogens with zero attached hydrogens (tertiary/aromatic N) is 3. The quantitative estimate of drug-likeness (QED) is 0.920. The van der Waals surface area contributed by atoms with Crippen molar-refractivity contribution in [1.29, 1.82) is 0 Å². The topological polar surface area (TPSA) is 31.4 Å². The van der Waals surface area contributed by atoms with E-state index >= 15 is 0 Å². The largest absolute Gasteiger partial charge is 0.314 e.